The van der Waals surface area contributed by atoms with Gasteiger partial charge in [0.15, 0.2) is 0 Å². The lowest BCUT2D eigenvalue weighted by atomic mass is 10.1. The Bertz CT molecular complexity index is 926. The summed E-state index contributed by atoms with van der Waals surface area (Å²) in [6.07, 6.45) is 0. The zero-order valence-electron chi connectivity index (χ0n) is 16.4. The van der Waals surface area contributed by atoms with Crippen LogP contribution < -0.4 is 10.1 Å². The second-order valence-electron chi connectivity index (χ2n) is 6.20. The molecule has 0 saturated carbocycles. The van der Waals surface area contributed by atoms with E-state index in [1.54, 1.807) is 32.0 Å². The normalized spacial score (nSPS) is 12.6. The molecule has 0 heterocycles. The summed E-state index contributed by atoms with van der Waals surface area (Å²) in [5.41, 5.74) is 1.13. The topological polar surface area (TPSA) is 75.7 Å². The maximum absolute atomic E-state index is 12.9. The van der Waals surface area contributed by atoms with Gasteiger partial charge in [0.25, 0.3) is 5.91 Å². The number of methoxy groups -OCH3 is 1. The van der Waals surface area contributed by atoms with Crippen LogP contribution in [0, 0.1) is 0 Å². The van der Waals surface area contributed by atoms with Crippen molar-refractivity contribution in [3.05, 3.63) is 58.6 Å². The van der Waals surface area contributed by atoms with Crippen molar-refractivity contribution >= 4 is 27.5 Å². The minimum Gasteiger partial charge on any atom is -0.495 e. The fourth-order valence-corrected chi connectivity index (χ4v) is 4.60. The third kappa shape index (κ3) is 4.84. The molecule has 2 aromatic rings. The Labute approximate surface area is 171 Å². The number of halogens is 1. The highest BCUT2D eigenvalue weighted by atomic mass is 35.5. The monoisotopic (exact) mass is 424 g/mol. The molecule has 0 bridgehead atoms. The van der Waals surface area contributed by atoms with Crippen LogP contribution in [0.3, 0.4) is 0 Å². The smallest absolute Gasteiger partial charge is 0.251 e. The number of rotatable bonds is 8. The Balaban J connectivity index is 2.33. The molecule has 28 heavy (non-hydrogen) atoms. The van der Waals surface area contributed by atoms with Crippen LogP contribution in [0.4, 0.5) is 0 Å². The van der Waals surface area contributed by atoms with Gasteiger partial charge in [-0.05, 0) is 42.8 Å². The molecule has 0 aliphatic carbocycles. The predicted octanol–water partition coefficient (Wildman–Crippen LogP) is 3.87. The van der Waals surface area contributed by atoms with E-state index in [0.717, 1.165) is 5.56 Å². The Morgan fingerprint density at radius 3 is 2.29 bits per heavy atom. The van der Waals surface area contributed by atoms with Crippen LogP contribution in [0.5, 0.6) is 5.75 Å². The number of sulfonamides is 1. The lowest BCUT2D eigenvalue weighted by Crippen LogP contribution is -2.31. The Kier molecular flexibility index (Phi) is 7.46. The highest BCUT2D eigenvalue weighted by Gasteiger charge is 2.27. The van der Waals surface area contributed by atoms with Gasteiger partial charge < -0.3 is 10.1 Å². The van der Waals surface area contributed by atoms with E-state index in [1.807, 2.05) is 19.1 Å². The first-order chi connectivity index (χ1) is 13.2. The largest absolute Gasteiger partial charge is 0.495 e. The molecular formula is C20H25ClN2O4S. The number of amides is 1. The number of nitrogens with one attached hydrogen (secondary N) is 1. The molecule has 0 aromatic heterocycles. The molecule has 1 atom stereocenters. The molecular weight excluding hydrogens is 400 g/mol. The minimum atomic E-state index is -3.77. The molecule has 0 aliphatic rings. The average molecular weight is 425 g/mol. The molecule has 0 aliphatic heterocycles. The fourth-order valence-electron chi connectivity index (χ4n) is 2.84. The van der Waals surface area contributed by atoms with Gasteiger partial charge in [-0.15, -0.1) is 0 Å². The highest BCUT2D eigenvalue weighted by Crippen LogP contribution is 2.28. The predicted molar refractivity (Wildman–Crippen MR) is 110 cm³/mol. The molecule has 1 N–H and O–H groups in total. The lowest BCUT2D eigenvalue weighted by molar-refractivity contribution is 0.0939. The highest BCUT2D eigenvalue weighted by molar-refractivity contribution is 7.89. The molecule has 0 saturated heterocycles. The summed E-state index contributed by atoms with van der Waals surface area (Å²) in [6, 6.07) is 11.3. The number of nitrogens with zero attached hydrogens (tertiary/aromatic N) is 1. The molecule has 6 nitrogen and oxygen atoms in total. The fraction of sp³-hybridized carbons (Fsp3) is 0.350. The maximum atomic E-state index is 12.9. The lowest BCUT2D eigenvalue weighted by Gasteiger charge is -2.21. The van der Waals surface area contributed by atoms with Crippen molar-refractivity contribution in [1.82, 2.24) is 9.62 Å². The van der Waals surface area contributed by atoms with Crippen molar-refractivity contribution in [3.8, 4) is 5.75 Å². The van der Waals surface area contributed by atoms with Crippen molar-refractivity contribution in [3.63, 3.8) is 0 Å². The molecule has 1 amide bonds. The van der Waals surface area contributed by atoms with Crippen LogP contribution in [0.25, 0.3) is 0 Å². The van der Waals surface area contributed by atoms with Crippen LogP contribution in [-0.2, 0) is 10.0 Å². The Morgan fingerprint density at radius 1 is 1.14 bits per heavy atom. The second-order valence-corrected chi connectivity index (χ2v) is 8.54. The van der Waals surface area contributed by atoms with Gasteiger partial charge in [-0.25, -0.2) is 8.42 Å². The van der Waals surface area contributed by atoms with Crippen LogP contribution in [0.15, 0.2) is 47.4 Å². The summed E-state index contributed by atoms with van der Waals surface area (Å²) >= 11 is 5.90. The zero-order valence-corrected chi connectivity index (χ0v) is 18.0. The van der Waals surface area contributed by atoms with Gasteiger partial charge in [-0.1, -0.05) is 37.6 Å². The van der Waals surface area contributed by atoms with Crippen LogP contribution in [0.1, 0.15) is 42.7 Å². The van der Waals surface area contributed by atoms with Crippen molar-refractivity contribution in [2.24, 2.45) is 0 Å². The van der Waals surface area contributed by atoms with Gasteiger partial charge in [0.1, 0.15) is 10.6 Å². The third-order valence-electron chi connectivity index (χ3n) is 4.47. The standard InChI is InChI=1S/C20H25ClN2O4S/c1-5-23(6-2)28(25,26)19-13-16(9-12-18(19)27-4)20(24)22-14(3)15-7-10-17(21)11-8-15/h7-14H,5-6H2,1-4H3,(H,22,24)/t14-/m1/s1. The first-order valence-corrected chi connectivity index (χ1v) is 10.8. The first kappa shape index (κ1) is 22.2. The maximum Gasteiger partial charge on any atom is 0.251 e. The average Bonchev–Trinajstić information content (AvgIpc) is 2.68. The van der Waals surface area contributed by atoms with Gasteiger partial charge in [0.05, 0.1) is 13.2 Å². The van der Waals surface area contributed by atoms with Crippen molar-refractivity contribution in [2.45, 2.75) is 31.7 Å². The van der Waals surface area contributed by atoms with E-state index in [1.165, 1.54) is 23.5 Å². The summed E-state index contributed by atoms with van der Waals surface area (Å²) in [5, 5.41) is 3.49. The molecule has 0 unspecified atom stereocenters. The number of carbonyl (C=O) groups excluding carboxylic acids is 1. The second kappa shape index (κ2) is 9.41. The number of benzene rings is 2. The quantitative estimate of drug-likeness (QED) is 0.697. The summed E-state index contributed by atoms with van der Waals surface area (Å²) < 4.78 is 32.4. The summed E-state index contributed by atoms with van der Waals surface area (Å²) in [4.78, 5) is 12.7. The summed E-state index contributed by atoms with van der Waals surface area (Å²) in [6.45, 7) is 6.02. The Morgan fingerprint density at radius 2 is 1.75 bits per heavy atom. The van der Waals surface area contributed by atoms with Crippen molar-refractivity contribution in [1.29, 1.82) is 0 Å². The van der Waals surface area contributed by atoms with Crippen LogP contribution in [-0.4, -0.2) is 38.8 Å². The van der Waals surface area contributed by atoms with Crippen molar-refractivity contribution in [2.75, 3.05) is 20.2 Å². The van der Waals surface area contributed by atoms with E-state index in [2.05, 4.69) is 5.32 Å². The van der Waals surface area contributed by atoms with Gasteiger partial charge >= 0.3 is 0 Å². The van der Waals surface area contributed by atoms with E-state index < -0.39 is 10.0 Å². The van der Waals surface area contributed by atoms with Gasteiger partial charge in [0.2, 0.25) is 10.0 Å². The molecule has 2 aromatic carbocycles. The Hall–Kier alpha value is -2.09. The summed E-state index contributed by atoms with van der Waals surface area (Å²) in [7, 11) is -2.37. The molecule has 8 heteroatoms. The molecule has 0 spiro atoms. The number of carbonyl (C=O) groups is 1. The van der Waals surface area contributed by atoms with Crippen LogP contribution in [0.2, 0.25) is 5.02 Å². The van der Waals surface area contributed by atoms with Crippen molar-refractivity contribution < 1.29 is 17.9 Å². The number of hydrogen-bond donors (Lipinski definition) is 1. The minimum absolute atomic E-state index is 0.0227. The van der Waals surface area contributed by atoms with E-state index in [-0.39, 0.29) is 28.2 Å². The van der Waals surface area contributed by atoms with Gasteiger partial charge in [-0.3, -0.25) is 4.79 Å². The molecule has 152 valence electrons. The summed E-state index contributed by atoms with van der Waals surface area (Å²) in [5.74, 6) is -0.171. The molecule has 0 fully saturated rings. The van der Waals surface area contributed by atoms with E-state index in [9.17, 15) is 13.2 Å². The van der Waals surface area contributed by atoms with E-state index in [0.29, 0.717) is 18.1 Å². The number of ether oxygens (including phenoxy) is 1. The van der Waals surface area contributed by atoms with E-state index in [4.69, 9.17) is 16.3 Å². The third-order valence-corrected chi connectivity index (χ3v) is 6.79. The molecule has 0 radical (unpaired) electrons. The molecule has 2 rings (SSSR count). The van der Waals surface area contributed by atoms with E-state index >= 15 is 0 Å². The SMILES string of the molecule is CCN(CC)S(=O)(=O)c1cc(C(=O)N[C@H](C)c2ccc(Cl)cc2)ccc1OC. The first-order valence-electron chi connectivity index (χ1n) is 8.99. The van der Waals surface area contributed by atoms with Crippen LogP contribution >= 0.6 is 11.6 Å². The van der Waals surface area contributed by atoms with Gasteiger partial charge in [0, 0.05) is 23.7 Å². The zero-order chi connectivity index (χ0) is 20.9. The van der Waals surface area contributed by atoms with Gasteiger partial charge in [-0.2, -0.15) is 4.31 Å². The number of hydrogen-bond acceptors (Lipinski definition) is 4.